The number of carbonyl (C=O) groups is 2. The lowest BCUT2D eigenvalue weighted by Crippen LogP contribution is -2.56. The van der Waals surface area contributed by atoms with Crippen LogP contribution < -0.4 is 5.32 Å². The van der Waals surface area contributed by atoms with Gasteiger partial charge in [0.15, 0.2) is 15.4 Å². The summed E-state index contributed by atoms with van der Waals surface area (Å²) in [5.74, 6) is -2.22. The highest BCUT2D eigenvalue weighted by atomic mass is 32.2. The Hall–Kier alpha value is -1.31. The van der Waals surface area contributed by atoms with Gasteiger partial charge in [-0.05, 0) is 27.2 Å². The van der Waals surface area contributed by atoms with Gasteiger partial charge in [0.25, 0.3) is 0 Å². The maximum atomic E-state index is 11.5. The number of carbonyl (C=O) groups excluding carboxylic acids is 1. The van der Waals surface area contributed by atoms with E-state index < -0.39 is 38.8 Å². The first kappa shape index (κ1) is 14.7. The molecule has 0 bridgehead atoms. The van der Waals surface area contributed by atoms with Gasteiger partial charge in [-0.15, -0.1) is 0 Å². The summed E-state index contributed by atoms with van der Waals surface area (Å²) in [5, 5.41) is 11.3. The Morgan fingerprint density at radius 1 is 1.33 bits per heavy atom. The van der Waals surface area contributed by atoms with Crippen molar-refractivity contribution in [3.63, 3.8) is 0 Å². The van der Waals surface area contributed by atoms with Gasteiger partial charge in [0.1, 0.15) is 5.60 Å². The molecule has 0 spiro atoms. The van der Waals surface area contributed by atoms with E-state index in [0.29, 0.717) is 0 Å². The van der Waals surface area contributed by atoms with Crippen LogP contribution in [-0.2, 0) is 19.4 Å². The first-order valence-electron chi connectivity index (χ1n) is 5.41. The highest BCUT2D eigenvalue weighted by Crippen LogP contribution is 2.24. The second kappa shape index (κ2) is 4.42. The molecular weight excluding hydrogens is 262 g/mol. The fourth-order valence-corrected chi connectivity index (χ4v) is 3.56. The van der Waals surface area contributed by atoms with Gasteiger partial charge in [0.05, 0.1) is 11.5 Å². The topological polar surface area (TPSA) is 110 Å². The zero-order valence-corrected chi connectivity index (χ0v) is 11.3. The molecule has 8 heteroatoms. The third-order valence-corrected chi connectivity index (χ3v) is 4.21. The lowest BCUT2D eigenvalue weighted by atomic mass is 10.00. The Morgan fingerprint density at radius 2 is 1.89 bits per heavy atom. The summed E-state index contributed by atoms with van der Waals surface area (Å²) in [6, 6.07) is 0. The van der Waals surface area contributed by atoms with Crippen molar-refractivity contribution in [2.75, 3.05) is 11.5 Å². The van der Waals surface area contributed by atoms with Crippen molar-refractivity contribution in [3.05, 3.63) is 0 Å². The van der Waals surface area contributed by atoms with Crippen molar-refractivity contribution in [2.45, 2.75) is 38.3 Å². The highest BCUT2D eigenvalue weighted by Gasteiger charge is 2.50. The number of hydrogen-bond donors (Lipinski definition) is 2. The van der Waals surface area contributed by atoms with Crippen LogP contribution in [0.2, 0.25) is 0 Å². The Bertz CT molecular complexity index is 463. The molecule has 1 atom stereocenters. The lowest BCUT2D eigenvalue weighted by Gasteiger charge is -2.27. The molecule has 1 aliphatic rings. The quantitative estimate of drug-likeness (QED) is 0.744. The molecule has 0 radical (unpaired) electrons. The molecule has 1 rings (SSSR count). The van der Waals surface area contributed by atoms with E-state index in [0.717, 1.165) is 0 Å². The van der Waals surface area contributed by atoms with Crippen LogP contribution in [0.1, 0.15) is 27.2 Å². The molecule has 1 heterocycles. The molecule has 0 aromatic rings. The van der Waals surface area contributed by atoms with E-state index in [1.807, 2.05) is 0 Å². The molecule has 104 valence electrons. The third kappa shape index (κ3) is 3.59. The van der Waals surface area contributed by atoms with Crippen LogP contribution in [-0.4, -0.2) is 48.2 Å². The number of nitrogens with one attached hydrogen (secondary N) is 1. The highest BCUT2D eigenvalue weighted by molar-refractivity contribution is 7.91. The van der Waals surface area contributed by atoms with Gasteiger partial charge in [0, 0.05) is 0 Å². The molecule has 0 aromatic carbocycles. The minimum atomic E-state index is -3.44. The van der Waals surface area contributed by atoms with Crippen LogP contribution in [0.3, 0.4) is 0 Å². The van der Waals surface area contributed by atoms with Crippen molar-refractivity contribution in [2.24, 2.45) is 0 Å². The van der Waals surface area contributed by atoms with Gasteiger partial charge >= 0.3 is 12.1 Å². The Morgan fingerprint density at radius 3 is 2.22 bits per heavy atom. The summed E-state index contributed by atoms with van der Waals surface area (Å²) in [4.78, 5) is 22.7. The smallest absolute Gasteiger partial charge is 0.408 e. The van der Waals surface area contributed by atoms with E-state index in [2.05, 4.69) is 5.32 Å². The van der Waals surface area contributed by atoms with Crippen LogP contribution in [0.5, 0.6) is 0 Å². The predicted octanol–water partition coefficient (Wildman–Crippen LogP) is 0.153. The zero-order valence-electron chi connectivity index (χ0n) is 10.5. The Kier molecular flexibility index (Phi) is 3.62. The summed E-state index contributed by atoms with van der Waals surface area (Å²) in [5.41, 5.74) is -2.55. The number of aliphatic carboxylic acids is 1. The summed E-state index contributed by atoms with van der Waals surface area (Å²) in [7, 11) is -3.44. The van der Waals surface area contributed by atoms with Crippen LogP contribution in [0, 0.1) is 0 Å². The predicted molar refractivity (Wildman–Crippen MR) is 63.0 cm³/mol. The van der Waals surface area contributed by atoms with Gasteiger partial charge in [0.2, 0.25) is 0 Å². The molecule has 0 aromatic heterocycles. The number of hydrogen-bond acceptors (Lipinski definition) is 5. The molecule has 1 unspecified atom stereocenters. The average molecular weight is 279 g/mol. The van der Waals surface area contributed by atoms with Gasteiger partial charge in [-0.25, -0.2) is 18.0 Å². The van der Waals surface area contributed by atoms with Crippen LogP contribution >= 0.6 is 0 Å². The molecule has 1 fully saturated rings. The number of carboxylic acids is 1. The van der Waals surface area contributed by atoms with Crippen molar-refractivity contribution in [3.8, 4) is 0 Å². The van der Waals surface area contributed by atoms with Crippen molar-refractivity contribution < 1.29 is 27.9 Å². The Balaban J connectivity index is 2.84. The van der Waals surface area contributed by atoms with Gasteiger partial charge in [-0.1, -0.05) is 0 Å². The minimum absolute atomic E-state index is 0.149. The van der Waals surface area contributed by atoms with E-state index in [-0.39, 0.29) is 12.2 Å². The zero-order chi connectivity index (χ0) is 14.2. The fourth-order valence-electron chi connectivity index (χ4n) is 1.67. The molecule has 1 aliphatic heterocycles. The lowest BCUT2D eigenvalue weighted by molar-refractivity contribution is -0.143. The molecule has 18 heavy (non-hydrogen) atoms. The maximum absolute atomic E-state index is 11.5. The van der Waals surface area contributed by atoms with Crippen LogP contribution in [0.4, 0.5) is 4.79 Å². The first-order valence-corrected chi connectivity index (χ1v) is 7.23. The summed E-state index contributed by atoms with van der Waals surface area (Å²) in [6.07, 6.45) is -1.08. The van der Waals surface area contributed by atoms with E-state index in [1.165, 1.54) is 0 Å². The molecular formula is C10H17NO6S. The normalized spacial score (nSPS) is 26.6. The number of rotatable bonds is 2. The largest absolute Gasteiger partial charge is 0.479 e. The van der Waals surface area contributed by atoms with Gasteiger partial charge in [-0.2, -0.15) is 0 Å². The van der Waals surface area contributed by atoms with Crippen molar-refractivity contribution in [1.29, 1.82) is 0 Å². The summed E-state index contributed by atoms with van der Waals surface area (Å²) < 4.78 is 27.7. The van der Waals surface area contributed by atoms with Crippen LogP contribution in [0.15, 0.2) is 0 Å². The Labute approximate surface area is 105 Å². The number of carboxylic acid groups (broad SMARTS) is 1. The molecule has 0 saturated carbocycles. The van der Waals surface area contributed by atoms with E-state index in [4.69, 9.17) is 9.84 Å². The maximum Gasteiger partial charge on any atom is 0.408 e. The van der Waals surface area contributed by atoms with Crippen molar-refractivity contribution in [1.82, 2.24) is 5.32 Å². The van der Waals surface area contributed by atoms with E-state index in [1.54, 1.807) is 20.8 Å². The number of amides is 1. The van der Waals surface area contributed by atoms with Gasteiger partial charge in [-0.3, -0.25) is 0 Å². The average Bonchev–Trinajstić information content (AvgIpc) is 2.39. The minimum Gasteiger partial charge on any atom is -0.479 e. The van der Waals surface area contributed by atoms with Crippen molar-refractivity contribution >= 4 is 21.9 Å². The molecule has 0 aliphatic carbocycles. The molecule has 1 amide bonds. The van der Waals surface area contributed by atoms with E-state index in [9.17, 15) is 18.0 Å². The number of sulfone groups is 1. The number of alkyl carbamates (subject to hydrolysis) is 1. The standard InChI is InChI=1S/C10H17NO6S/c1-9(2,3)17-8(14)11-10(7(12)13)4-5-18(15,16)6-10/h4-6H2,1-3H3,(H,11,14)(H,12,13). The first-order chi connectivity index (χ1) is 7.96. The van der Waals surface area contributed by atoms with Crippen LogP contribution in [0.25, 0.3) is 0 Å². The SMILES string of the molecule is CC(C)(C)OC(=O)NC1(C(=O)O)CCS(=O)(=O)C1. The molecule has 7 nitrogen and oxygen atoms in total. The number of ether oxygens (including phenoxy) is 1. The second-order valence-electron chi connectivity index (χ2n) is 5.36. The molecule has 1 saturated heterocycles. The monoisotopic (exact) mass is 279 g/mol. The third-order valence-electron chi connectivity index (χ3n) is 2.46. The van der Waals surface area contributed by atoms with Gasteiger partial charge < -0.3 is 15.2 Å². The second-order valence-corrected chi connectivity index (χ2v) is 7.54. The summed E-state index contributed by atoms with van der Waals surface area (Å²) >= 11 is 0. The fraction of sp³-hybridized carbons (Fsp3) is 0.800. The summed E-state index contributed by atoms with van der Waals surface area (Å²) in [6.45, 7) is 4.89. The van der Waals surface area contributed by atoms with E-state index >= 15 is 0 Å². The molecule has 2 N–H and O–H groups in total.